The Morgan fingerprint density at radius 2 is 1.56 bits per heavy atom. The van der Waals surface area contributed by atoms with Crippen LogP contribution in [0.25, 0.3) is 11.1 Å². The molecule has 0 fully saturated rings. The molecule has 0 radical (unpaired) electrons. The van der Waals surface area contributed by atoms with Gasteiger partial charge in [-0.2, -0.15) is 0 Å². The molecule has 0 aliphatic carbocycles. The Kier molecular flexibility index (Phi) is 3.39. The molecule has 4 heteroatoms. The van der Waals surface area contributed by atoms with Crippen LogP contribution in [-0.2, 0) is 6.54 Å². The molecule has 0 aromatic heterocycles. The second-order valence-electron chi connectivity index (χ2n) is 4.10. The molecular formula is C14H12F3N. The first-order valence-electron chi connectivity index (χ1n) is 5.47. The smallest absolute Gasteiger partial charge is 0.134 e. The maximum Gasteiger partial charge on any atom is 0.134 e. The van der Waals surface area contributed by atoms with Crippen molar-refractivity contribution in [2.75, 3.05) is 0 Å². The number of aryl methyl sites for hydroxylation is 1. The maximum atomic E-state index is 13.8. The van der Waals surface area contributed by atoms with Crippen molar-refractivity contribution < 1.29 is 13.2 Å². The highest BCUT2D eigenvalue weighted by atomic mass is 19.1. The van der Waals surface area contributed by atoms with Crippen LogP contribution in [0.3, 0.4) is 0 Å². The highest BCUT2D eigenvalue weighted by molar-refractivity contribution is 5.66. The molecule has 0 saturated heterocycles. The SMILES string of the molecule is Cc1cc(-c2ccc(CN)cc2F)c(F)cc1F. The van der Waals surface area contributed by atoms with Crippen molar-refractivity contribution in [2.45, 2.75) is 13.5 Å². The maximum absolute atomic E-state index is 13.8. The first kappa shape index (κ1) is 12.6. The average Bonchev–Trinajstić information content (AvgIpc) is 2.34. The lowest BCUT2D eigenvalue weighted by molar-refractivity contribution is 0.577. The Morgan fingerprint density at radius 1 is 0.889 bits per heavy atom. The molecule has 2 aromatic rings. The minimum Gasteiger partial charge on any atom is -0.326 e. The van der Waals surface area contributed by atoms with Crippen LogP contribution in [0.4, 0.5) is 13.2 Å². The Hall–Kier alpha value is -1.81. The Labute approximate surface area is 103 Å². The van der Waals surface area contributed by atoms with Crippen molar-refractivity contribution in [1.82, 2.24) is 0 Å². The van der Waals surface area contributed by atoms with Crippen LogP contribution in [0.1, 0.15) is 11.1 Å². The fourth-order valence-corrected chi connectivity index (χ4v) is 1.77. The molecule has 2 N–H and O–H groups in total. The van der Waals surface area contributed by atoms with Gasteiger partial charge in [0.15, 0.2) is 0 Å². The van der Waals surface area contributed by atoms with Gasteiger partial charge in [-0.05, 0) is 30.2 Å². The van der Waals surface area contributed by atoms with Gasteiger partial charge in [0.25, 0.3) is 0 Å². The van der Waals surface area contributed by atoms with Crippen LogP contribution in [0, 0.1) is 24.4 Å². The zero-order chi connectivity index (χ0) is 13.3. The second kappa shape index (κ2) is 4.82. The predicted molar refractivity (Wildman–Crippen MR) is 64.4 cm³/mol. The summed E-state index contributed by atoms with van der Waals surface area (Å²) in [6.07, 6.45) is 0. The standard InChI is InChI=1S/C14H12F3N/c1-8-4-11(14(17)6-12(8)15)10-3-2-9(7-18)5-13(10)16/h2-6H,7,18H2,1H3. The summed E-state index contributed by atoms with van der Waals surface area (Å²) in [6, 6.07) is 6.39. The Balaban J connectivity index is 2.58. The summed E-state index contributed by atoms with van der Waals surface area (Å²) in [5.74, 6) is -1.99. The van der Waals surface area contributed by atoms with Crippen LogP contribution in [-0.4, -0.2) is 0 Å². The van der Waals surface area contributed by atoms with E-state index in [1.807, 2.05) is 0 Å². The number of hydrogen-bond donors (Lipinski definition) is 1. The topological polar surface area (TPSA) is 26.0 Å². The van der Waals surface area contributed by atoms with Crippen LogP contribution >= 0.6 is 0 Å². The van der Waals surface area contributed by atoms with E-state index in [0.717, 1.165) is 6.07 Å². The largest absolute Gasteiger partial charge is 0.326 e. The van der Waals surface area contributed by atoms with Gasteiger partial charge < -0.3 is 5.73 Å². The lowest BCUT2D eigenvalue weighted by Crippen LogP contribution is -1.98. The average molecular weight is 251 g/mol. The molecule has 0 spiro atoms. The molecule has 0 unspecified atom stereocenters. The molecule has 2 aromatic carbocycles. The van der Waals surface area contributed by atoms with Crippen molar-refractivity contribution in [2.24, 2.45) is 5.73 Å². The van der Waals surface area contributed by atoms with Crippen LogP contribution in [0.2, 0.25) is 0 Å². The van der Waals surface area contributed by atoms with E-state index in [4.69, 9.17) is 5.73 Å². The van der Waals surface area contributed by atoms with Crippen molar-refractivity contribution in [1.29, 1.82) is 0 Å². The molecule has 0 aliphatic rings. The van der Waals surface area contributed by atoms with Crippen LogP contribution in [0.5, 0.6) is 0 Å². The predicted octanol–water partition coefficient (Wildman–Crippen LogP) is 3.54. The van der Waals surface area contributed by atoms with Crippen molar-refractivity contribution in [3.05, 3.63) is 58.9 Å². The zero-order valence-electron chi connectivity index (χ0n) is 9.81. The molecule has 0 atom stereocenters. The normalized spacial score (nSPS) is 10.7. The summed E-state index contributed by atoms with van der Waals surface area (Å²) < 4.78 is 40.6. The third kappa shape index (κ3) is 2.24. The van der Waals surface area contributed by atoms with Crippen molar-refractivity contribution in [3.63, 3.8) is 0 Å². The van der Waals surface area contributed by atoms with E-state index in [2.05, 4.69) is 0 Å². The summed E-state index contributed by atoms with van der Waals surface area (Å²) >= 11 is 0. The molecule has 0 saturated carbocycles. The summed E-state index contributed by atoms with van der Waals surface area (Å²) in [7, 11) is 0. The van der Waals surface area contributed by atoms with E-state index >= 15 is 0 Å². The molecule has 0 amide bonds. The molecule has 18 heavy (non-hydrogen) atoms. The van der Waals surface area contributed by atoms with Crippen molar-refractivity contribution >= 4 is 0 Å². The summed E-state index contributed by atoms with van der Waals surface area (Å²) in [5, 5.41) is 0. The van der Waals surface area contributed by atoms with E-state index in [0.29, 0.717) is 5.56 Å². The number of halogens is 3. The highest BCUT2D eigenvalue weighted by Gasteiger charge is 2.13. The Bertz CT molecular complexity index is 594. The fraction of sp³-hybridized carbons (Fsp3) is 0.143. The summed E-state index contributed by atoms with van der Waals surface area (Å²) in [4.78, 5) is 0. The van der Waals surface area contributed by atoms with E-state index < -0.39 is 17.5 Å². The first-order valence-corrected chi connectivity index (χ1v) is 5.47. The number of rotatable bonds is 2. The van der Waals surface area contributed by atoms with Crippen LogP contribution in [0.15, 0.2) is 30.3 Å². The molecule has 94 valence electrons. The third-order valence-corrected chi connectivity index (χ3v) is 2.81. The van der Waals surface area contributed by atoms with Gasteiger partial charge in [0, 0.05) is 23.7 Å². The van der Waals surface area contributed by atoms with Gasteiger partial charge in [-0.25, -0.2) is 13.2 Å². The summed E-state index contributed by atoms with van der Waals surface area (Å²) in [6.45, 7) is 1.71. The zero-order valence-corrected chi connectivity index (χ0v) is 9.81. The monoisotopic (exact) mass is 251 g/mol. The molecule has 1 nitrogen and oxygen atoms in total. The van der Waals surface area contributed by atoms with E-state index in [1.54, 1.807) is 6.07 Å². The van der Waals surface area contributed by atoms with Gasteiger partial charge in [-0.1, -0.05) is 12.1 Å². The Morgan fingerprint density at radius 3 is 2.17 bits per heavy atom. The van der Waals surface area contributed by atoms with Gasteiger partial charge >= 0.3 is 0 Å². The van der Waals surface area contributed by atoms with E-state index in [9.17, 15) is 13.2 Å². The summed E-state index contributed by atoms with van der Waals surface area (Å²) in [5.41, 5.74) is 6.44. The van der Waals surface area contributed by atoms with E-state index in [1.165, 1.54) is 25.1 Å². The molecule has 0 heterocycles. The number of hydrogen-bond acceptors (Lipinski definition) is 1. The fourth-order valence-electron chi connectivity index (χ4n) is 1.77. The third-order valence-electron chi connectivity index (χ3n) is 2.81. The van der Waals surface area contributed by atoms with Gasteiger partial charge in [-0.3, -0.25) is 0 Å². The van der Waals surface area contributed by atoms with Crippen molar-refractivity contribution in [3.8, 4) is 11.1 Å². The second-order valence-corrected chi connectivity index (χ2v) is 4.10. The van der Waals surface area contributed by atoms with Gasteiger partial charge in [0.2, 0.25) is 0 Å². The number of nitrogens with two attached hydrogens (primary N) is 1. The minimum absolute atomic E-state index is 0.0509. The molecule has 2 rings (SSSR count). The number of benzene rings is 2. The van der Waals surface area contributed by atoms with E-state index in [-0.39, 0.29) is 23.2 Å². The minimum atomic E-state index is -0.780. The highest BCUT2D eigenvalue weighted by Crippen LogP contribution is 2.28. The first-order chi connectivity index (χ1) is 8.52. The molecule has 0 aliphatic heterocycles. The van der Waals surface area contributed by atoms with Gasteiger partial charge in [-0.15, -0.1) is 0 Å². The quantitative estimate of drug-likeness (QED) is 0.868. The lowest BCUT2D eigenvalue weighted by Gasteiger charge is -2.08. The lowest BCUT2D eigenvalue weighted by atomic mass is 10.0. The van der Waals surface area contributed by atoms with Crippen LogP contribution < -0.4 is 5.73 Å². The van der Waals surface area contributed by atoms with Gasteiger partial charge in [0.05, 0.1) is 0 Å². The molecule has 0 bridgehead atoms. The molecular weight excluding hydrogens is 239 g/mol. The van der Waals surface area contributed by atoms with Gasteiger partial charge in [0.1, 0.15) is 17.5 Å².